The van der Waals surface area contributed by atoms with Gasteiger partial charge in [-0.05, 0) is 37.3 Å². The SMILES string of the molecule is CC(OC(=O)c1ccnc2[nH]ccc12)C(=O)Nc1cc(Cl)ccc1Cl. The minimum absolute atomic E-state index is 0.326. The number of carbonyl (C=O) groups is 2. The van der Waals surface area contributed by atoms with Gasteiger partial charge < -0.3 is 15.0 Å². The number of aromatic amines is 1. The Labute approximate surface area is 153 Å². The largest absolute Gasteiger partial charge is 0.449 e. The molecule has 6 nitrogen and oxygen atoms in total. The molecule has 2 heterocycles. The molecule has 128 valence electrons. The van der Waals surface area contributed by atoms with E-state index >= 15 is 0 Å². The van der Waals surface area contributed by atoms with Crippen LogP contribution < -0.4 is 5.32 Å². The van der Waals surface area contributed by atoms with Gasteiger partial charge in [0.25, 0.3) is 5.91 Å². The first-order valence-electron chi connectivity index (χ1n) is 7.34. The molecule has 2 N–H and O–H groups in total. The molecule has 0 saturated carbocycles. The van der Waals surface area contributed by atoms with Crippen LogP contribution in [0.4, 0.5) is 5.69 Å². The summed E-state index contributed by atoms with van der Waals surface area (Å²) >= 11 is 11.9. The molecule has 0 aliphatic heterocycles. The first kappa shape index (κ1) is 17.3. The summed E-state index contributed by atoms with van der Waals surface area (Å²) in [4.78, 5) is 31.6. The van der Waals surface area contributed by atoms with Gasteiger partial charge in [-0.3, -0.25) is 4.79 Å². The molecule has 1 aromatic carbocycles. The van der Waals surface area contributed by atoms with Crippen LogP contribution in [0.15, 0.2) is 42.7 Å². The third kappa shape index (κ3) is 3.75. The number of hydrogen-bond acceptors (Lipinski definition) is 4. The van der Waals surface area contributed by atoms with Gasteiger partial charge in [0, 0.05) is 22.8 Å². The number of halogens is 2. The Kier molecular flexibility index (Phi) is 4.92. The second kappa shape index (κ2) is 7.13. The van der Waals surface area contributed by atoms with Crippen molar-refractivity contribution in [1.29, 1.82) is 0 Å². The number of fused-ring (bicyclic) bond motifs is 1. The van der Waals surface area contributed by atoms with Crippen molar-refractivity contribution in [3.8, 4) is 0 Å². The van der Waals surface area contributed by atoms with Crippen molar-refractivity contribution in [3.63, 3.8) is 0 Å². The highest BCUT2D eigenvalue weighted by molar-refractivity contribution is 6.35. The third-order valence-electron chi connectivity index (χ3n) is 3.52. The molecule has 8 heteroatoms. The standard InChI is InChI=1S/C17H13Cl2N3O3/c1-9(16(23)22-14-8-10(18)2-3-13(14)19)25-17(24)12-5-7-21-15-11(12)4-6-20-15/h2-9H,1H3,(H,20,21)(H,22,23). The molecule has 2 aromatic heterocycles. The number of benzene rings is 1. The fraction of sp³-hybridized carbons (Fsp3) is 0.118. The van der Waals surface area contributed by atoms with Crippen molar-refractivity contribution >= 4 is 51.8 Å². The quantitative estimate of drug-likeness (QED) is 0.671. The van der Waals surface area contributed by atoms with Gasteiger partial charge in [0.15, 0.2) is 6.10 Å². The van der Waals surface area contributed by atoms with Crippen molar-refractivity contribution in [2.45, 2.75) is 13.0 Å². The second-order valence-corrected chi connectivity index (χ2v) is 6.10. The van der Waals surface area contributed by atoms with Crippen LogP contribution in [-0.4, -0.2) is 27.9 Å². The van der Waals surface area contributed by atoms with Gasteiger partial charge in [0.2, 0.25) is 0 Å². The van der Waals surface area contributed by atoms with Crippen molar-refractivity contribution in [2.75, 3.05) is 5.32 Å². The number of nitrogens with one attached hydrogen (secondary N) is 2. The molecule has 0 saturated heterocycles. The average molecular weight is 378 g/mol. The summed E-state index contributed by atoms with van der Waals surface area (Å²) in [7, 11) is 0. The minimum Gasteiger partial charge on any atom is -0.449 e. The van der Waals surface area contributed by atoms with E-state index < -0.39 is 18.0 Å². The number of aromatic nitrogens is 2. The summed E-state index contributed by atoms with van der Waals surface area (Å²) in [6.45, 7) is 1.47. The van der Waals surface area contributed by atoms with Gasteiger partial charge in [0.05, 0.1) is 16.3 Å². The molecule has 3 rings (SSSR count). The Morgan fingerprint density at radius 3 is 2.84 bits per heavy atom. The molecule has 1 atom stereocenters. The van der Waals surface area contributed by atoms with Crippen LogP contribution in [0.1, 0.15) is 17.3 Å². The molecule has 1 amide bonds. The molecule has 0 spiro atoms. The molecule has 0 aliphatic carbocycles. The maximum Gasteiger partial charge on any atom is 0.339 e. The molecule has 0 bridgehead atoms. The Bertz CT molecular complexity index is 955. The summed E-state index contributed by atoms with van der Waals surface area (Å²) in [5.41, 5.74) is 1.24. The van der Waals surface area contributed by atoms with E-state index in [1.54, 1.807) is 24.4 Å². The molecule has 0 fully saturated rings. The summed E-state index contributed by atoms with van der Waals surface area (Å²) < 4.78 is 5.25. The number of amides is 1. The number of rotatable bonds is 4. The number of esters is 1. The third-order valence-corrected chi connectivity index (χ3v) is 4.08. The lowest BCUT2D eigenvalue weighted by atomic mass is 10.2. The first-order valence-corrected chi connectivity index (χ1v) is 8.10. The highest BCUT2D eigenvalue weighted by Crippen LogP contribution is 2.25. The molecule has 0 aliphatic rings. The van der Waals surface area contributed by atoms with Crippen LogP contribution in [0, 0.1) is 0 Å². The van der Waals surface area contributed by atoms with Crippen LogP contribution in [0.5, 0.6) is 0 Å². The zero-order valence-corrected chi connectivity index (χ0v) is 14.6. The van der Waals surface area contributed by atoms with Crippen LogP contribution in [0.3, 0.4) is 0 Å². The number of ether oxygens (including phenoxy) is 1. The number of anilines is 1. The number of H-pyrrole nitrogens is 1. The highest BCUT2D eigenvalue weighted by Gasteiger charge is 2.21. The van der Waals surface area contributed by atoms with E-state index in [2.05, 4.69) is 15.3 Å². The molecule has 1 unspecified atom stereocenters. The van der Waals surface area contributed by atoms with E-state index in [0.29, 0.717) is 32.3 Å². The summed E-state index contributed by atoms with van der Waals surface area (Å²) in [5, 5.41) is 3.97. The summed E-state index contributed by atoms with van der Waals surface area (Å²) in [5.74, 6) is -1.14. The predicted octanol–water partition coefficient (Wildman–Crippen LogP) is 4.05. The Morgan fingerprint density at radius 1 is 1.24 bits per heavy atom. The lowest BCUT2D eigenvalue weighted by Crippen LogP contribution is -2.30. The second-order valence-electron chi connectivity index (χ2n) is 5.26. The van der Waals surface area contributed by atoms with E-state index in [1.165, 1.54) is 25.3 Å². The van der Waals surface area contributed by atoms with Crippen molar-refractivity contribution in [2.24, 2.45) is 0 Å². The van der Waals surface area contributed by atoms with Crippen LogP contribution in [-0.2, 0) is 9.53 Å². The van der Waals surface area contributed by atoms with Crippen LogP contribution in [0.2, 0.25) is 10.0 Å². The van der Waals surface area contributed by atoms with Crippen LogP contribution >= 0.6 is 23.2 Å². The van der Waals surface area contributed by atoms with Gasteiger partial charge in [-0.1, -0.05) is 23.2 Å². The maximum atomic E-state index is 12.4. The fourth-order valence-corrected chi connectivity index (χ4v) is 2.58. The Morgan fingerprint density at radius 2 is 2.04 bits per heavy atom. The van der Waals surface area contributed by atoms with Gasteiger partial charge in [-0.15, -0.1) is 0 Å². The smallest absolute Gasteiger partial charge is 0.339 e. The molecule has 0 radical (unpaired) electrons. The number of carbonyl (C=O) groups excluding carboxylic acids is 2. The van der Waals surface area contributed by atoms with E-state index in [-0.39, 0.29) is 0 Å². The highest BCUT2D eigenvalue weighted by atomic mass is 35.5. The van der Waals surface area contributed by atoms with Gasteiger partial charge in [0.1, 0.15) is 5.65 Å². The lowest BCUT2D eigenvalue weighted by Gasteiger charge is -2.14. The van der Waals surface area contributed by atoms with Crippen molar-refractivity contribution in [3.05, 3.63) is 58.3 Å². The maximum absolute atomic E-state index is 12.4. The van der Waals surface area contributed by atoms with Crippen LogP contribution in [0.25, 0.3) is 11.0 Å². The number of pyridine rings is 1. The minimum atomic E-state index is -1.02. The number of nitrogens with zero attached hydrogens (tertiary/aromatic N) is 1. The normalized spacial score (nSPS) is 12.0. The molecular weight excluding hydrogens is 365 g/mol. The predicted molar refractivity (Wildman–Crippen MR) is 96.1 cm³/mol. The van der Waals surface area contributed by atoms with Gasteiger partial charge in [-0.25, -0.2) is 9.78 Å². The lowest BCUT2D eigenvalue weighted by molar-refractivity contribution is -0.123. The zero-order chi connectivity index (χ0) is 18.0. The summed E-state index contributed by atoms with van der Waals surface area (Å²) in [6.07, 6.45) is 2.14. The van der Waals surface area contributed by atoms with E-state index in [0.717, 1.165) is 0 Å². The van der Waals surface area contributed by atoms with Gasteiger partial charge in [-0.2, -0.15) is 0 Å². The molecular formula is C17H13Cl2N3O3. The molecule has 25 heavy (non-hydrogen) atoms. The van der Waals surface area contributed by atoms with E-state index in [4.69, 9.17) is 27.9 Å². The van der Waals surface area contributed by atoms with Crippen molar-refractivity contribution in [1.82, 2.24) is 9.97 Å². The fourth-order valence-electron chi connectivity index (χ4n) is 2.24. The molecule has 3 aromatic rings. The first-order chi connectivity index (χ1) is 12.0. The van der Waals surface area contributed by atoms with Gasteiger partial charge >= 0.3 is 5.97 Å². The zero-order valence-electron chi connectivity index (χ0n) is 13.0. The monoisotopic (exact) mass is 377 g/mol. The Hall–Kier alpha value is -2.57. The number of hydrogen-bond donors (Lipinski definition) is 2. The van der Waals surface area contributed by atoms with E-state index in [9.17, 15) is 9.59 Å². The summed E-state index contributed by atoms with van der Waals surface area (Å²) in [6, 6.07) is 7.94. The van der Waals surface area contributed by atoms with Crippen molar-refractivity contribution < 1.29 is 14.3 Å². The topological polar surface area (TPSA) is 84.1 Å². The van der Waals surface area contributed by atoms with E-state index in [1.807, 2.05) is 0 Å². The Balaban J connectivity index is 1.72. The average Bonchev–Trinajstić information content (AvgIpc) is 3.06.